The molecule has 1 N–H and O–H groups in total. The number of aliphatic hydroxyl groups is 1. The lowest BCUT2D eigenvalue weighted by molar-refractivity contribution is -0.121. The first-order chi connectivity index (χ1) is 15.1. The van der Waals surface area contributed by atoms with Crippen molar-refractivity contribution in [2.45, 2.75) is 13.5 Å². The molecule has 0 bridgehead atoms. The number of para-hydroxylation sites is 2. The van der Waals surface area contributed by atoms with Gasteiger partial charge in [0, 0.05) is 33.9 Å². The van der Waals surface area contributed by atoms with E-state index in [4.69, 9.17) is 4.74 Å². The SMILES string of the molecule is CCn1c2ccccc2c2cc(N3C(=O)C(O)=C(c4ccccc4OC)C3=O)ccc21. The average Bonchev–Trinajstić information content (AvgIpc) is 3.23. The predicted octanol–water partition coefficient (Wildman–Crippen LogP) is 4.67. The molecule has 2 amide bonds. The Morgan fingerprint density at radius 2 is 1.58 bits per heavy atom. The maximum Gasteiger partial charge on any atom is 0.301 e. The zero-order chi connectivity index (χ0) is 21.7. The summed E-state index contributed by atoms with van der Waals surface area (Å²) in [7, 11) is 1.48. The Morgan fingerprint density at radius 3 is 2.35 bits per heavy atom. The number of anilines is 1. The van der Waals surface area contributed by atoms with Gasteiger partial charge in [-0.05, 0) is 37.3 Å². The van der Waals surface area contributed by atoms with Crippen LogP contribution in [-0.4, -0.2) is 28.6 Å². The van der Waals surface area contributed by atoms with Crippen molar-refractivity contribution in [1.82, 2.24) is 4.57 Å². The van der Waals surface area contributed by atoms with Crippen LogP contribution in [0.4, 0.5) is 5.69 Å². The van der Waals surface area contributed by atoms with E-state index in [1.54, 1.807) is 30.3 Å². The van der Waals surface area contributed by atoms with E-state index in [9.17, 15) is 14.7 Å². The zero-order valence-electron chi connectivity index (χ0n) is 17.1. The minimum Gasteiger partial charge on any atom is -0.502 e. The summed E-state index contributed by atoms with van der Waals surface area (Å²) in [5, 5.41) is 12.6. The fourth-order valence-electron chi connectivity index (χ4n) is 4.37. The Bertz CT molecular complexity index is 1410. The molecule has 154 valence electrons. The van der Waals surface area contributed by atoms with Gasteiger partial charge in [0.25, 0.3) is 5.91 Å². The number of nitrogens with zero attached hydrogens (tertiary/aromatic N) is 2. The number of amides is 2. The predicted molar refractivity (Wildman–Crippen MR) is 120 cm³/mol. The van der Waals surface area contributed by atoms with Crippen molar-refractivity contribution in [3.8, 4) is 5.75 Å². The number of ether oxygens (including phenoxy) is 1. The van der Waals surface area contributed by atoms with Crippen molar-refractivity contribution in [2.75, 3.05) is 12.0 Å². The molecule has 6 heteroatoms. The Morgan fingerprint density at radius 1 is 0.871 bits per heavy atom. The molecule has 0 unspecified atom stereocenters. The van der Waals surface area contributed by atoms with Gasteiger partial charge in [-0.25, -0.2) is 4.90 Å². The number of aliphatic hydroxyl groups excluding tert-OH is 1. The highest BCUT2D eigenvalue weighted by atomic mass is 16.5. The standard InChI is InChI=1S/C25H20N2O4/c1-3-26-19-10-6-4-8-16(19)18-14-15(12-13-20(18)26)27-24(29)22(23(28)25(27)30)17-9-5-7-11-21(17)31-2/h4-14,28H,3H2,1-2H3. The summed E-state index contributed by atoms with van der Waals surface area (Å²) in [4.78, 5) is 27.2. The third-order valence-electron chi connectivity index (χ3n) is 5.77. The molecule has 2 heterocycles. The topological polar surface area (TPSA) is 71.8 Å². The van der Waals surface area contributed by atoms with Gasteiger partial charge >= 0.3 is 5.91 Å². The molecule has 4 aromatic rings. The molecule has 0 saturated heterocycles. The van der Waals surface area contributed by atoms with E-state index in [1.165, 1.54) is 7.11 Å². The van der Waals surface area contributed by atoms with Crippen molar-refractivity contribution in [2.24, 2.45) is 0 Å². The van der Waals surface area contributed by atoms with Gasteiger partial charge in [-0.2, -0.15) is 0 Å². The molecular formula is C25H20N2O4. The maximum atomic E-state index is 13.3. The minimum atomic E-state index is -0.746. The monoisotopic (exact) mass is 412 g/mol. The van der Waals surface area contributed by atoms with Crippen molar-refractivity contribution >= 4 is 44.9 Å². The highest BCUT2D eigenvalue weighted by Crippen LogP contribution is 2.38. The van der Waals surface area contributed by atoms with Crippen LogP contribution in [0.5, 0.6) is 5.75 Å². The van der Waals surface area contributed by atoms with Gasteiger partial charge in [0.1, 0.15) is 5.75 Å². The summed E-state index contributed by atoms with van der Waals surface area (Å²) in [6.07, 6.45) is 0. The second-order valence-corrected chi connectivity index (χ2v) is 7.33. The third kappa shape index (κ3) is 2.65. The second-order valence-electron chi connectivity index (χ2n) is 7.33. The lowest BCUT2D eigenvalue weighted by Crippen LogP contribution is -2.31. The van der Waals surface area contributed by atoms with Crippen LogP contribution in [0.25, 0.3) is 27.4 Å². The average molecular weight is 412 g/mol. The summed E-state index contributed by atoms with van der Waals surface area (Å²) >= 11 is 0. The number of hydrogen-bond donors (Lipinski definition) is 1. The molecule has 1 aromatic heterocycles. The molecule has 0 atom stereocenters. The van der Waals surface area contributed by atoms with Gasteiger partial charge in [0.05, 0.1) is 18.4 Å². The molecule has 0 saturated carbocycles. The first-order valence-electron chi connectivity index (χ1n) is 10.0. The van der Waals surface area contributed by atoms with Crippen molar-refractivity contribution < 1.29 is 19.4 Å². The number of aryl methyl sites for hydroxylation is 1. The van der Waals surface area contributed by atoms with E-state index < -0.39 is 17.6 Å². The summed E-state index contributed by atoms with van der Waals surface area (Å²) in [6, 6.07) is 20.3. The van der Waals surface area contributed by atoms with Crippen LogP contribution in [0.15, 0.2) is 72.5 Å². The van der Waals surface area contributed by atoms with Gasteiger partial charge in [-0.15, -0.1) is 0 Å². The van der Waals surface area contributed by atoms with E-state index in [1.807, 2.05) is 30.3 Å². The van der Waals surface area contributed by atoms with Crippen LogP contribution in [0.3, 0.4) is 0 Å². The number of fused-ring (bicyclic) bond motifs is 3. The van der Waals surface area contributed by atoms with E-state index in [0.717, 1.165) is 33.3 Å². The van der Waals surface area contributed by atoms with Crippen molar-refractivity contribution in [1.29, 1.82) is 0 Å². The zero-order valence-corrected chi connectivity index (χ0v) is 17.1. The van der Waals surface area contributed by atoms with E-state index >= 15 is 0 Å². The quantitative estimate of drug-likeness (QED) is 0.495. The van der Waals surface area contributed by atoms with Gasteiger partial charge in [0.15, 0.2) is 5.76 Å². The van der Waals surface area contributed by atoms with Gasteiger partial charge in [-0.1, -0.05) is 36.4 Å². The van der Waals surface area contributed by atoms with Gasteiger partial charge in [-0.3, -0.25) is 9.59 Å². The molecule has 0 radical (unpaired) electrons. The smallest absolute Gasteiger partial charge is 0.301 e. The Labute approximate surface area is 178 Å². The molecule has 1 aliphatic heterocycles. The highest BCUT2D eigenvalue weighted by molar-refractivity contribution is 6.45. The summed E-state index contributed by atoms with van der Waals surface area (Å²) < 4.78 is 7.51. The number of hydrogen-bond acceptors (Lipinski definition) is 4. The van der Waals surface area contributed by atoms with Crippen LogP contribution >= 0.6 is 0 Å². The second kappa shape index (κ2) is 7.02. The van der Waals surface area contributed by atoms with Crippen LogP contribution in [-0.2, 0) is 16.1 Å². The first-order valence-corrected chi connectivity index (χ1v) is 10.0. The Balaban J connectivity index is 1.65. The maximum absolute atomic E-state index is 13.3. The van der Waals surface area contributed by atoms with Crippen molar-refractivity contribution in [3.63, 3.8) is 0 Å². The molecule has 5 rings (SSSR count). The lowest BCUT2D eigenvalue weighted by Gasteiger charge is -2.15. The molecule has 3 aromatic carbocycles. The molecular weight excluding hydrogens is 392 g/mol. The van der Waals surface area contributed by atoms with Crippen LogP contribution < -0.4 is 9.64 Å². The molecule has 6 nitrogen and oxygen atoms in total. The summed E-state index contributed by atoms with van der Waals surface area (Å²) in [5.41, 5.74) is 2.85. The van der Waals surface area contributed by atoms with Gasteiger partial charge < -0.3 is 14.4 Å². The highest BCUT2D eigenvalue weighted by Gasteiger charge is 2.41. The normalized spacial score (nSPS) is 14.3. The number of carbonyl (C=O) groups excluding carboxylic acids is 2. The van der Waals surface area contributed by atoms with Crippen molar-refractivity contribution in [3.05, 3.63) is 78.1 Å². The fraction of sp³-hybridized carbons (Fsp3) is 0.120. The number of benzene rings is 3. The summed E-state index contributed by atoms with van der Waals surface area (Å²) in [6.45, 7) is 2.88. The largest absolute Gasteiger partial charge is 0.502 e. The van der Waals surface area contributed by atoms with Gasteiger partial charge in [0.2, 0.25) is 0 Å². The summed E-state index contributed by atoms with van der Waals surface area (Å²) in [5.74, 6) is -1.49. The molecule has 1 aliphatic rings. The van der Waals surface area contributed by atoms with E-state index in [0.29, 0.717) is 17.0 Å². The van der Waals surface area contributed by atoms with E-state index in [2.05, 4.69) is 17.6 Å². The molecule has 0 spiro atoms. The molecule has 0 fully saturated rings. The van der Waals surface area contributed by atoms with Crippen LogP contribution in [0.2, 0.25) is 0 Å². The third-order valence-corrected chi connectivity index (χ3v) is 5.77. The minimum absolute atomic E-state index is 0.0569. The number of aromatic nitrogens is 1. The van der Waals surface area contributed by atoms with Crippen LogP contribution in [0.1, 0.15) is 12.5 Å². The lowest BCUT2D eigenvalue weighted by atomic mass is 10.0. The first kappa shape index (κ1) is 18.9. The number of imide groups is 1. The number of methoxy groups -OCH3 is 1. The molecule has 0 aliphatic carbocycles. The number of rotatable bonds is 4. The van der Waals surface area contributed by atoms with E-state index in [-0.39, 0.29) is 5.57 Å². The Hall–Kier alpha value is -4.06. The Kier molecular flexibility index (Phi) is 4.29. The van der Waals surface area contributed by atoms with Crippen LogP contribution in [0, 0.1) is 0 Å². The fourth-order valence-corrected chi connectivity index (χ4v) is 4.37. The number of carbonyl (C=O) groups is 2. The molecule has 31 heavy (non-hydrogen) atoms.